The Bertz CT molecular complexity index is 412. The van der Waals surface area contributed by atoms with E-state index < -0.39 is 0 Å². The molecule has 0 aliphatic carbocycles. The number of ketones is 1. The summed E-state index contributed by atoms with van der Waals surface area (Å²) in [5, 5.41) is 0. The van der Waals surface area contributed by atoms with E-state index in [9.17, 15) is 4.79 Å². The molecule has 2 heteroatoms. The van der Waals surface area contributed by atoms with Crippen LogP contribution in [-0.4, -0.2) is 12.9 Å². The van der Waals surface area contributed by atoms with E-state index in [1.807, 2.05) is 6.92 Å². The smallest absolute Gasteiger partial charge is 0.132 e. The highest BCUT2D eigenvalue weighted by atomic mass is 16.5. The van der Waals surface area contributed by atoms with E-state index in [1.54, 1.807) is 7.11 Å². The van der Waals surface area contributed by atoms with E-state index in [0.717, 1.165) is 18.6 Å². The van der Waals surface area contributed by atoms with Crippen LogP contribution in [0, 0.1) is 13.8 Å². The Labute approximate surface area is 117 Å². The largest absolute Gasteiger partial charge is 0.497 e. The minimum absolute atomic E-state index is 0.363. The van der Waals surface area contributed by atoms with Gasteiger partial charge in [0.25, 0.3) is 0 Å². The highest BCUT2D eigenvalue weighted by Crippen LogP contribution is 2.33. The number of benzene rings is 1. The molecular formula is C17H26O2. The van der Waals surface area contributed by atoms with Crippen molar-refractivity contribution in [1.82, 2.24) is 0 Å². The maximum absolute atomic E-state index is 11.5. The van der Waals surface area contributed by atoms with Crippen molar-refractivity contribution in [3.8, 4) is 5.75 Å². The lowest BCUT2D eigenvalue weighted by Crippen LogP contribution is -2.06. The van der Waals surface area contributed by atoms with Crippen LogP contribution in [0.5, 0.6) is 5.75 Å². The van der Waals surface area contributed by atoms with Crippen LogP contribution in [0.25, 0.3) is 0 Å². The zero-order valence-corrected chi connectivity index (χ0v) is 12.9. The number of hydrogen-bond donors (Lipinski definition) is 0. The second kappa shape index (κ2) is 7.32. The van der Waals surface area contributed by atoms with E-state index >= 15 is 0 Å². The number of ether oxygens (including phenoxy) is 1. The van der Waals surface area contributed by atoms with Crippen LogP contribution in [0.2, 0.25) is 0 Å². The fraction of sp³-hybridized carbons (Fsp3) is 0.588. The molecule has 1 aromatic rings. The van der Waals surface area contributed by atoms with Gasteiger partial charge in [0.05, 0.1) is 7.11 Å². The molecule has 0 saturated carbocycles. The molecule has 0 fully saturated rings. The lowest BCUT2D eigenvalue weighted by Gasteiger charge is -2.21. The summed E-state index contributed by atoms with van der Waals surface area (Å²) < 4.78 is 5.31. The standard InChI is InChI=1S/C17H26O2/c1-6-14(8-9-15(18)7-2)17-12(3)10-16(19-5)11-13(17)4/h10-11,14H,6-9H2,1-5H3. The molecule has 1 unspecified atom stereocenters. The predicted molar refractivity (Wildman–Crippen MR) is 80.0 cm³/mol. The van der Waals surface area contributed by atoms with Crippen LogP contribution in [0.3, 0.4) is 0 Å². The maximum atomic E-state index is 11.5. The Morgan fingerprint density at radius 2 is 1.79 bits per heavy atom. The van der Waals surface area contributed by atoms with Crippen molar-refractivity contribution in [3.05, 3.63) is 28.8 Å². The van der Waals surface area contributed by atoms with Crippen LogP contribution in [-0.2, 0) is 4.79 Å². The third-order valence-corrected chi connectivity index (χ3v) is 3.87. The summed E-state index contributed by atoms with van der Waals surface area (Å²) in [5.41, 5.74) is 3.94. The first-order valence-corrected chi connectivity index (χ1v) is 7.20. The molecule has 106 valence electrons. The number of carbonyl (C=O) groups excluding carboxylic acids is 1. The summed E-state index contributed by atoms with van der Waals surface area (Å²) >= 11 is 0. The lowest BCUT2D eigenvalue weighted by atomic mass is 9.85. The molecule has 0 aliphatic heterocycles. The zero-order chi connectivity index (χ0) is 14.4. The third kappa shape index (κ3) is 4.09. The van der Waals surface area contributed by atoms with Gasteiger partial charge in [0.2, 0.25) is 0 Å². The molecule has 2 nitrogen and oxygen atoms in total. The summed E-state index contributed by atoms with van der Waals surface area (Å²) in [5.74, 6) is 1.75. The third-order valence-electron chi connectivity index (χ3n) is 3.87. The molecular weight excluding hydrogens is 236 g/mol. The topological polar surface area (TPSA) is 26.3 Å². The van der Waals surface area contributed by atoms with E-state index in [-0.39, 0.29) is 0 Å². The number of Topliss-reactive ketones (excluding diaryl/α,β-unsaturated/α-hetero) is 1. The average molecular weight is 262 g/mol. The maximum Gasteiger partial charge on any atom is 0.132 e. The van der Waals surface area contributed by atoms with Gasteiger partial charge >= 0.3 is 0 Å². The van der Waals surface area contributed by atoms with Gasteiger partial charge in [0.15, 0.2) is 0 Å². The number of carbonyl (C=O) groups is 1. The van der Waals surface area contributed by atoms with Crippen LogP contribution in [0.4, 0.5) is 0 Å². The van der Waals surface area contributed by atoms with Crippen molar-refractivity contribution in [2.75, 3.05) is 7.11 Å². The van der Waals surface area contributed by atoms with Crippen LogP contribution in [0.1, 0.15) is 62.1 Å². The van der Waals surface area contributed by atoms with Gasteiger partial charge in [-0.05, 0) is 61.4 Å². The van der Waals surface area contributed by atoms with Crippen LogP contribution in [0.15, 0.2) is 12.1 Å². The van der Waals surface area contributed by atoms with Gasteiger partial charge in [0.1, 0.15) is 11.5 Å². The van der Waals surface area contributed by atoms with Crippen molar-refractivity contribution >= 4 is 5.78 Å². The van der Waals surface area contributed by atoms with E-state index in [2.05, 4.69) is 32.9 Å². The summed E-state index contributed by atoms with van der Waals surface area (Å²) in [6, 6.07) is 4.18. The molecule has 0 spiro atoms. The highest BCUT2D eigenvalue weighted by molar-refractivity contribution is 5.78. The number of rotatable bonds is 7. The normalized spacial score (nSPS) is 12.3. The van der Waals surface area contributed by atoms with Gasteiger partial charge < -0.3 is 4.74 Å². The Balaban J connectivity index is 2.95. The average Bonchev–Trinajstić information content (AvgIpc) is 2.40. The van der Waals surface area contributed by atoms with Crippen LogP contribution >= 0.6 is 0 Å². The van der Waals surface area contributed by atoms with Crippen molar-refractivity contribution in [2.45, 2.75) is 59.3 Å². The molecule has 0 bridgehead atoms. The molecule has 19 heavy (non-hydrogen) atoms. The number of hydrogen-bond acceptors (Lipinski definition) is 2. The summed E-state index contributed by atoms with van der Waals surface area (Å²) in [6.45, 7) is 8.40. The molecule has 1 atom stereocenters. The predicted octanol–water partition coefficient (Wildman–Crippen LogP) is 4.56. The Kier molecular flexibility index (Phi) is 6.07. The fourth-order valence-corrected chi connectivity index (χ4v) is 2.76. The number of methoxy groups -OCH3 is 1. The summed E-state index contributed by atoms with van der Waals surface area (Å²) in [7, 11) is 1.70. The van der Waals surface area contributed by atoms with Gasteiger partial charge in [-0.1, -0.05) is 13.8 Å². The van der Waals surface area contributed by atoms with E-state index in [4.69, 9.17) is 4.74 Å². The molecule has 1 aromatic carbocycles. The van der Waals surface area contributed by atoms with Gasteiger partial charge in [-0.25, -0.2) is 0 Å². The summed E-state index contributed by atoms with van der Waals surface area (Å²) in [6.07, 6.45) is 3.37. The van der Waals surface area contributed by atoms with E-state index in [0.29, 0.717) is 24.5 Å². The second-order valence-corrected chi connectivity index (χ2v) is 5.21. The first kappa shape index (κ1) is 15.7. The van der Waals surface area contributed by atoms with Gasteiger partial charge in [-0.15, -0.1) is 0 Å². The fourth-order valence-electron chi connectivity index (χ4n) is 2.76. The first-order chi connectivity index (χ1) is 9.03. The van der Waals surface area contributed by atoms with Gasteiger partial charge in [-0.3, -0.25) is 4.79 Å². The minimum Gasteiger partial charge on any atom is -0.497 e. The molecule has 0 amide bonds. The first-order valence-electron chi connectivity index (χ1n) is 7.20. The molecule has 0 heterocycles. The molecule has 0 radical (unpaired) electrons. The lowest BCUT2D eigenvalue weighted by molar-refractivity contribution is -0.118. The van der Waals surface area contributed by atoms with Crippen molar-refractivity contribution in [1.29, 1.82) is 0 Å². The van der Waals surface area contributed by atoms with Gasteiger partial charge in [-0.2, -0.15) is 0 Å². The minimum atomic E-state index is 0.363. The Hall–Kier alpha value is -1.31. The molecule has 0 N–H and O–H groups in total. The monoisotopic (exact) mass is 262 g/mol. The van der Waals surface area contributed by atoms with Crippen molar-refractivity contribution in [2.24, 2.45) is 0 Å². The van der Waals surface area contributed by atoms with Crippen LogP contribution < -0.4 is 4.74 Å². The molecule has 0 aliphatic rings. The number of aryl methyl sites for hydroxylation is 2. The van der Waals surface area contributed by atoms with Gasteiger partial charge in [0, 0.05) is 12.8 Å². The van der Waals surface area contributed by atoms with E-state index in [1.165, 1.54) is 16.7 Å². The molecule has 1 rings (SSSR count). The quantitative estimate of drug-likeness (QED) is 0.719. The Morgan fingerprint density at radius 1 is 1.21 bits per heavy atom. The summed E-state index contributed by atoms with van der Waals surface area (Å²) in [4.78, 5) is 11.5. The molecule has 0 saturated heterocycles. The Morgan fingerprint density at radius 3 is 2.21 bits per heavy atom. The second-order valence-electron chi connectivity index (χ2n) is 5.21. The molecule has 0 aromatic heterocycles. The van der Waals surface area contributed by atoms with Crippen molar-refractivity contribution in [3.63, 3.8) is 0 Å². The van der Waals surface area contributed by atoms with Crippen molar-refractivity contribution < 1.29 is 9.53 Å². The SMILES string of the molecule is CCC(=O)CCC(CC)c1c(C)cc(OC)cc1C. The zero-order valence-electron chi connectivity index (χ0n) is 12.9. The highest BCUT2D eigenvalue weighted by Gasteiger charge is 2.16.